The summed E-state index contributed by atoms with van der Waals surface area (Å²) >= 11 is 0. The van der Waals surface area contributed by atoms with E-state index >= 15 is 0 Å². The molecule has 0 aromatic carbocycles. The van der Waals surface area contributed by atoms with Crippen LogP contribution in [-0.4, -0.2) is 66.5 Å². The highest BCUT2D eigenvalue weighted by atomic mass is 28.4. The van der Waals surface area contributed by atoms with Crippen LogP contribution >= 0.6 is 0 Å². The molecule has 2 N–H and O–H groups in total. The molecule has 0 radical (unpaired) electrons. The Morgan fingerprint density at radius 2 is 1.78 bits per heavy atom. The van der Waals surface area contributed by atoms with Gasteiger partial charge in [0.15, 0.2) is 8.32 Å². The van der Waals surface area contributed by atoms with E-state index in [1.54, 1.807) is 4.90 Å². The maximum atomic E-state index is 12.7. The summed E-state index contributed by atoms with van der Waals surface area (Å²) in [6.07, 6.45) is -0.403. The van der Waals surface area contributed by atoms with Gasteiger partial charge in [-0.15, -0.1) is 0 Å². The number of ether oxygens (including phenoxy) is 1. The van der Waals surface area contributed by atoms with Crippen LogP contribution in [0.25, 0.3) is 0 Å². The van der Waals surface area contributed by atoms with E-state index in [4.69, 9.17) is 9.16 Å². The second-order valence-corrected chi connectivity index (χ2v) is 15.1. The fourth-order valence-corrected chi connectivity index (χ4v) is 4.56. The maximum Gasteiger partial charge on any atom is 0.410 e. The van der Waals surface area contributed by atoms with E-state index in [0.29, 0.717) is 19.4 Å². The average Bonchev–Trinajstić information content (AvgIpc) is 2.50. The predicted molar refractivity (Wildman–Crippen MR) is 110 cm³/mol. The van der Waals surface area contributed by atoms with Crippen molar-refractivity contribution < 1.29 is 24.2 Å². The minimum atomic E-state index is -2.05. The van der Waals surface area contributed by atoms with Gasteiger partial charge in [0.1, 0.15) is 5.60 Å². The van der Waals surface area contributed by atoms with Crippen LogP contribution in [0.15, 0.2) is 0 Å². The zero-order chi connectivity index (χ0) is 21.2. The lowest BCUT2D eigenvalue weighted by Crippen LogP contribution is -2.57. The molecule has 1 saturated heterocycles. The van der Waals surface area contributed by atoms with Crippen molar-refractivity contribution in [2.24, 2.45) is 5.92 Å². The number of nitrogens with zero attached hydrogens (tertiary/aromatic N) is 1. The molecule has 1 aliphatic rings. The highest BCUT2D eigenvalue weighted by molar-refractivity contribution is 6.74. The van der Waals surface area contributed by atoms with Crippen LogP contribution in [0.2, 0.25) is 18.1 Å². The van der Waals surface area contributed by atoms with Crippen molar-refractivity contribution in [3.8, 4) is 0 Å². The summed E-state index contributed by atoms with van der Waals surface area (Å²) in [5, 5.41) is 20.7. The van der Waals surface area contributed by atoms with Gasteiger partial charge in [-0.2, -0.15) is 0 Å². The second kappa shape index (κ2) is 8.80. The molecule has 0 aromatic heterocycles. The Morgan fingerprint density at radius 3 is 2.22 bits per heavy atom. The quantitative estimate of drug-likeness (QED) is 0.683. The Kier molecular flexibility index (Phi) is 7.96. The number of hydrogen-bond donors (Lipinski definition) is 2. The Bertz CT molecular complexity index is 498. The largest absolute Gasteiger partial charge is 0.444 e. The molecule has 0 spiro atoms. The lowest BCUT2D eigenvalue weighted by atomic mass is 9.87. The molecule has 160 valence electrons. The van der Waals surface area contributed by atoms with Crippen molar-refractivity contribution in [2.45, 2.75) is 103 Å². The van der Waals surface area contributed by atoms with E-state index in [2.05, 4.69) is 33.9 Å². The van der Waals surface area contributed by atoms with Crippen LogP contribution in [0.3, 0.4) is 0 Å². The van der Waals surface area contributed by atoms with Gasteiger partial charge in [-0.25, -0.2) is 4.79 Å². The molecule has 0 aliphatic carbocycles. The average molecular weight is 404 g/mol. The first kappa shape index (κ1) is 24.4. The summed E-state index contributed by atoms with van der Waals surface area (Å²) in [7, 11) is -2.05. The number of rotatable bonds is 5. The van der Waals surface area contributed by atoms with E-state index < -0.39 is 38.3 Å². The Labute approximate surface area is 166 Å². The molecule has 0 saturated carbocycles. The van der Waals surface area contributed by atoms with Gasteiger partial charge < -0.3 is 24.3 Å². The highest BCUT2D eigenvalue weighted by Crippen LogP contribution is 2.38. The molecule has 0 aromatic rings. The van der Waals surface area contributed by atoms with Crippen LogP contribution in [0, 0.1) is 5.92 Å². The van der Waals surface area contributed by atoms with Gasteiger partial charge in [0.2, 0.25) is 0 Å². The zero-order valence-electron chi connectivity index (χ0n) is 18.7. The molecule has 1 fully saturated rings. The number of aliphatic hydroxyl groups excluding tert-OH is 2. The Hall–Kier alpha value is -0.633. The predicted octanol–water partition coefficient (Wildman–Crippen LogP) is 3.77. The molecule has 4 atom stereocenters. The van der Waals surface area contributed by atoms with E-state index in [9.17, 15) is 15.0 Å². The molecular weight excluding hydrogens is 362 g/mol. The molecule has 3 unspecified atom stereocenters. The third-order valence-electron chi connectivity index (χ3n) is 5.80. The maximum absolute atomic E-state index is 12.7. The summed E-state index contributed by atoms with van der Waals surface area (Å²) < 4.78 is 11.9. The smallest absolute Gasteiger partial charge is 0.410 e. The fourth-order valence-electron chi connectivity index (χ4n) is 3.14. The van der Waals surface area contributed by atoms with Crippen molar-refractivity contribution in [3.63, 3.8) is 0 Å². The van der Waals surface area contributed by atoms with Gasteiger partial charge in [-0.1, -0.05) is 20.8 Å². The fraction of sp³-hybridized carbons (Fsp3) is 0.950. The summed E-state index contributed by atoms with van der Waals surface area (Å²) in [6.45, 7) is 18.7. The van der Waals surface area contributed by atoms with E-state index in [1.165, 1.54) is 0 Å². The number of likely N-dealkylation sites (tertiary alicyclic amines) is 1. The number of hydrogen-bond acceptors (Lipinski definition) is 5. The standard InChI is InChI=1S/C20H41NO5Si/c1-14(26-27(8,9)20(5,6)7)17(23)16-12-15(13-22)10-11-21(16)18(24)25-19(2,3)4/h14-17,22-23H,10-13H2,1-9H3/t14-,15?,16?,17?/m0/s1. The minimum Gasteiger partial charge on any atom is -0.444 e. The van der Waals surface area contributed by atoms with E-state index in [0.717, 1.165) is 0 Å². The zero-order valence-corrected chi connectivity index (χ0v) is 19.7. The van der Waals surface area contributed by atoms with Gasteiger partial charge in [-0.3, -0.25) is 0 Å². The third kappa shape index (κ3) is 6.73. The molecule has 7 heteroatoms. The van der Waals surface area contributed by atoms with Gasteiger partial charge in [0.05, 0.1) is 18.2 Å². The first-order chi connectivity index (χ1) is 12.1. The number of carbonyl (C=O) groups excluding carboxylic acids is 1. The van der Waals surface area contributed by atoms with Crippen molar-refractivity contribution in [1.29, 1.82) is 0 Å². The Morgan fingerprint density at radius 1 is 1.22 bits per heavy atom. The van der Waals surface area contributed by atoms with Gasteiger partial charge >= 0.3 is 6.09 Å². The van der Waals surface area contributed by atoms with Crippen molar-refractivity contribution in [1.82, 2.24) is 4.90 Å². The van der Waals surface area contributed by atoms with Gasteiger partial charge in [0, 0.05) is 13.2 Å². The summed E-state index contributed by atoms with van der Waals surface area (Å²) in [5.41, 5.74) is -0.594. The van der Waals surface area contributed by atoms with Crippen molar-refractivity contribution in [3.05, 3.63) is 0 Å². The van der Waals surface area contributed by atoms with Crippen LogP contribution in [0.5, 0.6) is 0 Å². The Balaban J connectivity index is 2.97. The lowest BCUT2D eigenvalue weighted by molar-refractivity contribution is -0.0593. The summed E-state index contributed by atoms with van der Waals surface area (Å²) in [4.78, 5) is 14.3. The molecule has 27 heavy (non-hydrogen) atoms. The van der Waals surface area contributed by atoms with Crippen LogP contribution < -0.4 is 0 Å². The SMILES string of the molecule is C[C@H](O[Si](C)(C)C(C)(C)C)C(O)C1CC(CO)CCN1C(=O)OC(C)(C)C. The number of amides is 1. The molecule has 1 rings (SSSR count). The third-order valence-corrected chi connectivity index (χ3v) is 10.4. The molecule has 6 nitrogen and oxygen atoms in total. The van der Waals surface area contributed by atoms with Crippen LogP contribution in [0.1, 0.15) is 61.3 Å². The lowest BCUT2D eigenvalue weighted by Gasteiger charge is -2.45. The molecule has 1 heterocycles. The van der Waals surface area contributed by atoms with E-state index in [1.807, 2.05) is 27.7 Å². The summed E-state index contributed by atoms with van der Waals surface area (Å²) in [5.74, 6) is 0.0726. The first-order valence-electron chi connectivity index (χ1n) is 10.1. The first-order valence-corrected chi connectivity index (χ1v) is 13.0. The van der Waals surface area contributed by atoms with Gasteiger partial charge in [0.25, 0.3) is 0 Å². The van der Waals surface area contributed by atoms with E-state index in [-0.39, 0.29) is 17.6 Å². The monoisotopic (exact) mass is 403 g/mol. The van der Waals surface area contributed by atoms with Crippen molar-refractivity contribution >= 4 is 14.4 Å². The second-order valence-electron chi connectivity index (χ2n) is 10.4. The van der Waals surface area contributed by atoms with Gasteiger partial charge in [-0.05, 0) is 64.6 Å². The molecule has 1 aliphatic heterocycles. The number of aliphatic hydroxyl groups is 2. The number of piperidine rings is 1. The highest BCUT2D eigenvalue weighted by Gasteiger charge is 2.44. The molecule has 0 bridgehead atoms. The summed E-state index contributed by atoms with van der Waals surface area (Å²) in [6, 6.07) is -0.425. The normalized spacial score (nSPS) is 24.5. The topological polar surface area (TPSA) is 79.2 Å². The van der Waals surface area contributed by atoms with Crippen molar-refractivity contribution in [2.75, 3.05) is 13.2 Å². The number of carbonyl (C=O) groups is 1. The van der Waals surface area contributed by atoms with Crippen LogP contribution in [0.4, 0.5) is 4.79 Å². The minimum absolute atomic E-state index is 0.0338. The molecular formula is C20H41NO5Si. The molecule has 1 amide bonds. The van der Waals surface area contributed by atoms with Crippen LogP contribution in [-0.2, 0) is 9.16 Å².